The second-order valence-corrected chi connectivity index (χ2v) is 4.67. The molecular formula is C13H9BrF2N2O. The molecule has 0 aliphatic heterocycles. The van der Waals surface area contributed by atoms with Crippen molar-refractivity contribution in [3.63, 3.8) is 0 Å². The van der Waals surface area contributed by atoms with Gasteiger partial charge in [0.25, 0.3) is 5.91 Å². The van der Waals surface area contributed by atoms with Gasteiger partial charge in [0.05, 0.1) is 11.4 Å². The fourth-order valence-corrected chi connectivity index (χ4v) is 1.80. The van der Waals surface area contributed by atoms with Crippen LogP contribution < -0.4 is 11.1 Å². The topological polar surface area (TPSA) is 55.1 Å². The third-order valence-corrected chi connectivity index (χ3v) is 3.13. The third-order valence-electron chi connectivity index (χ3n) is 2.44. The van der Waals surface area contributed by atoms with Crippen LogP contribution in [0.4, 0.5) is 20.2 Å². The van der Waals surface area contributed by atoms with Crippen LogP contribution in [0, 0.1) is 11.6 Å². The average Bonchev–Trinajstić information content (AvgIpc) is 2.37. The first kappa shape index (κ1) is 13.5. The van der Waals surface area contributed by atoms with Crippen molar-refractivity contribution in [1.82, 2.24) is 0 Å². The summed E-state index contributed by atoms with van der Waals surface area (Å²) in [6, 6.07) is 7.59. The molecule has 0 bridgehead atoms. The molecule has 0 spiro atoms. The van der Waals surface area contributed by atoms with Crippen molar-refractivity contribution in [1.29, 1.82) is 0 Å². The Hall–Kier alpha value is -1.95. The lowest BCUT2D eigenvalue weighted by molar-refractivity contribution is 0.102. The van der Waals surface area contributed by atoms with Gasteiger partial charge in [-0.25, -0.2) is 8.78 Å². The predicted molar refractivity (Wildman–Crippen MR) is 72.9 cm³/mol. The molecule has 2 aromatic rings. The lowest BCUT2D eigenvalue weighted by atomic mass is 10.2. The number of rotatable bonds is 2. The molecule has 3 N–H and O–H groups in total. The first-order valence-corrected chi connectivity index (χ1v) is 6.08. The summed E-state index contributed by atoms with van der Waals surface area (Å²) in [6.07, 6.45) is 0. The molecule has 2 rings (SSSR count). The summed E-state index contributed by atoms with van der Waals surface area (Å²) in [5.41, 5.74) is 5.65. The molecule has 0 unspecified atom stereocenters. The van der Waals surface area contributed by atoms with Gasteiger partial charge in [-0.1, -0.05) is 0 Å². The van der Waals surface area contributed by atoms with Gasteiger partial charge in [0.1, 0.15) is 11.6 Å². The van der Waals surface area contributed by atoms with Gasteiger partial charge in [0.15, 0.2) is 0 Å². The zero-order chi connectivity index (χ0) is 14.0. The summed E-state index contributed by atoms with van der Waals surface area (Å²) in [4.78, 5) is 11.9. The van der Waals surface area contributed by atoms with E-state index in [-0.39, 0.29) is 16.9 Å². The Morgan fingerprint density at radius 1 is 1.16 bits per heavy atom. The summed E-state index contributed by atoms with van der Waals surface area (Å²) < 4.78 is 26.8. The zero-order valence-corrected chi connectivity index (χ0v) is 11.2. The van der Waals surface area contributed by atoms with E-state index in [2.05, 4.69) is 21.2 Å². The summed E-state index contributed by atoms with van der Waals surface area (Å²) >= 11 is 3.18. The quantitative estimate of drug-likeness (QED) is 0.829. The number of carbonyl (C=O) groups excluding carboxylic acids is 1. The maximum absolute atomic E-state index is 13.2. The van der Waals surface area contributed by atoms with E-state index in [1.807, 2.05) is 0 Å². The molecule has 0 aliphatic rings. The lowest BCUT2D eigenvalue weighted by Crippen LogP contribution is -2.13. The maximum Gasteiger partial charge on any atom is 0.255 e. The third kappa shape index (κ3) is 3.08. The molecule has 19 heavy (non-hydrogen) atoms. The fraction of sp³-hybridized carbons (Fsp3) is 0. The molecule has 2 aromatic carbocycles. The highest BCUT2D eigenvalue weighted by Crippen LogP contribution is 2.24. The minimum atomic E-state index is -0.675. The van der Waals surface area contributed by atoms with E-state index >= 15 is 0 Å². The lowest BCUT2D eigenvalue weighted by Gasteiger charge is -2.08. The number of halogens is 3. The number of nitrogens with two attached hydrogens (primary N) is 1. The molecule has 98 valence electrons. The summed E-state index contributed by atoms with van der Waals surface area (Å²) in [5, 5.41) is 2.48. The van der Waals surface area contributed by atoms with Crippen molar-refractivity contribution in [2.75, 3.05) is 11.1 Å². The monoisotopic (exact) mass is 326 g/mol. The number of amides is 1. The van der Waals surface area contributed by atoms with E-state index in [4.69, 9.17) is 5.73 Å². The molecular weight excluding hydrogens is 318 g/mol. The van der Waals surface area contributed by atoms with Crippen LogP contribution in [0.15, 0.2) is 40.9 Å². The van der Waals surface area contributed by atoms with Crippen LogP contribution in [-0.2, 0) is 0 Å². The molecule has 0 heterocycles. The molecule has 0 aromatic heterocycles. The molecule has 3 nitrogen and oxygen atoms in total. The molecule has 0 fully saturated rings. The second-order valence-electron chi connectivity index (χ2n) is 3.81. The van der Waals surface area contributed by atoms with Gasteiger partial charge in [-0.3, -0.25) is 4.79 Å². The van der Waals surface area contributed by atoms with E-state index in [1.54, 1.807) is 0 Å². The van der Waals surface area contributed by atoms with Crippen LogP contribution in [-0.4, -0.2) is 5.91 Å². The van der Waals surface area contributed by atoms with Crippen LogP contribution in [0.3, 0.4) is 0 Å². The van der Waals surface area contributed by atoms with Crippen LogP contribution in [0.2, 0.25) is 0 Å². The summed E-state index contributed by atoms with van der Waals surface area (Å²) in [5.74, 6) is -1.71. The van der Waals surface area contributed by atoms with Crippen LogP contribution >= 0.6 is 15.9 Å². The van der Waals surface area contributed by atoms with E-state index in [0.717, 1.165) is 12.1 Å². The molecule has 0 aliphatic carbocycles. The minimum absolute atomic E-state index is 0.0384. The number of hydrogen-bond acceptors (Lipinski definition) is 2. The highest BCUT2D eigenvalue weighted by Gasteiger charge is 2.11. The maximum atomic E-state index is 13.2. The first-order chi connectivity index (χ1) is 8.97. The van der Waals surface area contributed by atoms with Gasteiger partial charge in [0.2, 0.25) is 0 Å². The van der Waals surface area contributed by atoms with Crippen LogP contribution in [0.1, 0.15) is 10.4 Å². The van der Waals surface area contributed by atoms with E-state index < -0.39 is 17.5 Å². The zero-order valence-electron chi connectivity index (χ0n) is 9.58. The van der Waals surface area contributed by atoms with Crippen molar-refractivity contribution >= 4 is 33.2 Å². The van der Waals surface area contributed by atoms with Gasteiger partial charge in [-0.15, -0.1) is 0 Å². The average molecular weight is 327 g/mol. The Bertz CT molecular complexity index is 647. The Morgan fingerprint density at radius 3 is 2.58 bits per heavy atom. The highest BCUT2D eigenvalue weighted by atomic mass is 79.9. The molecule has 0 saturated heterocycles. The van der Waals surface area contributed by atoms with Crippen molar-refractivity contribution < 1.29 is 13.6 Å². The van der Waals surface area contributed by atoms with E-state index in [9.17, 15) is 13.6 Å². The highest BCUT2D eigenvalue weighted by molar-refractivity contribution is 9.10. The Morgan fingerprint density at radius 2 is 1.89 bits per heavy atom. The number of benzene rings is 2. The van der Waals surface area contributed by atoms with Gasteiger partial charge in [0, 0.05) is 10.0 Å². The molecule has 0 radical (unpaired) electrons. The van der Waals surface area contributed by atoms with Crippen molar-refractivity contribution in [3.05, 3.63) is 58.1 Å². The number of anilines is 2. The number of nitrogens with one attached hydrogen (secondary N) is 1. The standard InChI is InChI=1S/C13H9BrF2N2O/c14-9-3-2-8(15)6-12(9)18-13(19)7-1-4-11(17)10(16)5-7/h1-6H,17H2,(H,18,19). The van der Waals surface area contributed by atoms with Crippen molar-refractivity contribution in [2.24, 2.45) is 0 Å². The van der Waals surface area contributed by atoms with Gasteiger partial charge >= 0.3 is 0 Å². The van der Waals surface area contributed by atoms with E-state index in [0.29, 0.717) is 4.47 Å². The van der Waals surface area contributed by atoms with Crippen molar-refractivity contribution in [2.45, 2.75) is 0 Å². The predicted octanol–water partition coefficient (Wildman–Crippen LogP) is 3.56. The SMILES string of the molecule is Nc1ccc(C(=O)Nc2cc(F)ccc2Br)cc1F. The normalized spacial score (nSPS) is 10.3. The molecule has 0 atom stereocenters. The molecule has 6 heteroatoms. The Balaban J connectivity index is 2.25. The van der Waals surface area contributed by atoms with Gasteiger partial charge < -0.3 is 11.1 Å². The minimum Gasteiger partial charge on any atom is -0.396 e. The number of nitrogen functional groups attached to an aromatic ring is 1. The van der Waals surface area contributed by atoms with E-state index in [1.165, 1.54) is 24.3 Å². The fourth-order valence-electron chi connectivity index (χ4n) is 1.46. The van der Waals surface area contributed by atoms with Gasteiger partial charge in [-0.05, 0) is 52.3 Å². The molecule has 0 saturated carbocycles. The summed E-state index contributed by atoms with van der Waals surface area (Å²) in [7, 11) is 0. The number of hydrogen-bond donors (Lipinski definition) is 2. The summed E-state index contributed by atoms with van der Waals surface area (Å²) in [6.45, 7) is 0. The molecule has 1 amide bonds. The Kier molecular flexibility index (Phi) is 3.80. The Labute approximate surface area is 116 Å². The van der Waals surface area contributed by atoms with Crippen LogP contribution in [0.5, 0.6) is 0 Å². The largest absolute Gasteiger partial charge is 0.396 e. The van der Waals surface area contributed by atoms with Crippen LogP contribution in [0.25, 0.3) is 0 Å². The van der Waals surface area contributed by atoms with Gasteiger partial charge in [-0.2, -0.15) is 0 Å². The number of carbonyl (C=O) groups is 1. The smallest absolute Gasteiger partial charge is 0.255 e. The first-order valence-electron chi connectivity index (χ1n) is 5.29. The van der Waals surface area contributed by atoms with Crippen molar-refractivity contribution in [3.8, 4) is 0 Å². The second kappa shape index (κ2) is 5.36.